The molecule has 0 aliphatic rings. The number of nitriles is 1. The fraction of sp³-hybridized carbons (Fsp3) is 0.273. The summed E-state index contributed by atoms with van der Waals surface area (Å²) in [6.07, 6.45) is 0.276. The van der Waals surface area contributed by atoms with Crippen molar-refractivity contribution in [3.63, 3.8) is 0 Å². The predicted octanol–water partition coefficient (Wildman–Crippen LogP) is 2.03. The highest BCUT2D eigenvalue weighted by atomic mass is 79.9. The van der Waals surface area contributed by atoms with Crippen molar-refractivity contribution < 1.29 is 9.18 Å². The second kappa shape index (κ2) is 6.86. The van der Waals surface area contributed by atoms with E-state index in [9.17, 15) is 9.18 Å². The highest BCUT2D eigenvalue weighted by Gasteiger charge is 2.03. The van der Waals surface area contributed by atoms with Crippen molar-refractivity contribution in [1.29, 1.82) is 5.26 Å². The Hall–Kier alpha value is -1.61. The molecule has 0 unspecified atom stereocenters. The Bertz CT molecular complexity index is 445. The van der Waals surface area contributed by atoms with E-state index in [0.29, 0.717) is 16.7 Å². The molecule has 0 saturated heterocycles. The maximum atomic E-state index is 13.1. The number of nitrogens with one attached hydrogen (secondary N) is 2. The SMILES string of the molecule is N#CCCNC(=O)CNc1ccc(Br)c(F)c1. The molecule has 1 rings (SSSR count). The second-order valence-electron chi connectivity index (χ2n) is 3.24. The van der Waals surface area contributed by atoms with Crippen LogP contribution in [0.3, 0.4) is 0 Å². The van der Waals surface area contributed by atoms with E-state index in [1.807, 2.05) is 6.07 Å². The van der Waals surface area contributed by atoms with Crippen LogP contribution in [0.4, 0.5) is 10.1 Å². The van der Waals surface area contributed by atoms with E-state index in [1.165, 1.54) is 6.07 Å². The second-order valence-corrected chi connectivity index (χ2v) is 4.09. The van der Waals surface area contributed by atoms with Gasteiger partial charge in [0, 0.05) is 12.2 Å². The molecule has 0 aromatic heterocycles. The van der Waals surface area contributed by atoms with E-state index in [-0.39, 0.29) is 24.7 Å². The molecule has 0 spiro atoms. The van der Waals surface area contributed by atoms with Crippen molar-refractivity contribution >= 4 is 27.5 Å². The van der Waals surface area contributed by atoms with Gasteiger partial charge in [0.1, 0.15) is 5.82 Å². The van der Waals surface area contributed by atoms with Gasteiger partial charge < -0.3 is 10.6 Å². The lowest BCUT2D eigenvalue weighted by Gasteiger charge is -2.07. The summed E-state index contributed by atoms with van der Waals surface area (Å²) in [6, 6.07) is 6.44. The highest BCUT2D eigenvalue weighted by molar-refractivity contribution is 9.10. The third kappa shape index (κ3) is 4.83. The fourth-order valence-electron chi connectivity index (χ4n) is 1.11. The Morgan fingerprint density at radius 1 is 1.53 bits per heavy atom. The molecule has 0 radical (unpaired) electrons. The van der Waals surface area contributed by atoms with Crippen LogP contribution in [0.5, 0.6) is 0 Å². The van der Waals surface area contributed by atoms with Crippen molar-refractivity contribution in [1.82, 2.24) is 5.32 Å². The molecule has 1 aromatic rings. The van der Waals surface area contributed by atoms with Crippen molar-refractivity contribution in [2.24, 2.45) is 0 Å². The third-order valence-electron chi connectivity index (χ3n) is 1.93. The molecule has 2 N–H and O–H groups in total. The Morgan fingerprint density at radius 2 is 2.29 bits per heavy atom. The van der Waals surface area contributed by atoms with Crippen LogP contribution in [0.1, 0.15) is 6.42 Å². The number of amides is 1. The van der Waals surface area contributed by atoms with Gasteiger partial charge in [-0.05, 0) is 34.1 Å². The molecule has 1 amide bonds. The largest absolute Gasteiger partial charge is 0.376 e. The summed E-state index contributed by atoms with van der Waals surface area (Å²) in [7, 11) is 0. The minimum atomic E-state index is -0.389. The van der Waals surface area contributed by atoms with Gasteiger partial charge in [-0.2, -0.15) is 5.26 Å². The number of hydrogen-bond acceptors (Lipinski definition) is 3. The first-order chi connectivity index (χ1) is 8.13. The monoisotopic (exact) mass is 299 g/mol. The lowest BCUT2D eigenvalue weighted by molar-refractivity contribution is -0.119. The van der Waals surface area contributed by atoms with Gasteiger partial charge in [-0.3, -0.25) is 4.79 Å². The van der Waals surface area contributed by atoms with E-state index in [0.717, 1.165) is 0 Å². The van der Waals surface area contributed by atoms with Crippen LogP contribution in [0.15, 0.2) is 22.7 Å². The normalized spacial score (nSPS) is 9.47. The van der Waals surface area contributed by atoms with Gasteiger partial charge in [0.15, 0.2) is 0 Å². The fourth-order valence-corrected chi connectivity index (χ4v) is 1.36. The third-order valence-corrected chi connectivity index (χ3v) is 2.57. The number of hydrogen-bond donors (Lipinski definition) is 2. The number of nitrogens with zero attached hydrogens (tertiary/aromatic N) is 1. The maximum absolute atomic E-state index is 13.1. The van der Waals surface area contributed by atoms with Gasteiger partial charge in [0.2, 0.25) is 5.91 Å². The van der Waals surface area contributed by atoms with Gasteiger partial charge in [0.25, 0.3) is 0 Å². The Labute approximate surface area is 107 Å². The van der Waals surface area contributed by atoms with Gasteiger partial charge >= 0.3 is 0 Å². The molecule has 0 aliphatic heterocycles. The summed E-state index contributed by atoms with van der Waals surface area (Å²) in [5.74, 6) is -0.622. The van der Waals surface area contributed by atoms with Gasteiger partial charge in [-0.25, -0.2) is 4.39 Å². The molecular formula is C11H11BrFN3O. The standard InChI is InChI=1S/C11H11BrFN3O/c12-9-3-2-8(6-10(9)13)16-7-11(17)15-5-1-4-14/h2-3,6,16H,1,5,7H2,(H,15,17). The summed E-state index contributed by atoms with van der Waals surface area (Å²) in [4.78, 5) is 11.3. The lowest BCUT2D eigenvalue weighted by Crippen LogP contribution is -2.30. The van der Waals surface area contributed by atoms with E-state index < -0.39 is 0 Å². The molecule has 0 fully saturated rings. The molecule has 0 heterocycles. The number of halogens is 2. The summed E-state index contributed by atoms with van der Waals surface area (Å²) < 4.78 is 13.5. The molecule has 90 valence electrons. The van der Waals surface area contributed by atoms with Gasteiger partial charge in [-0.15, -0.1) is 0 Å². The van der Waals surface area contributed by atoms with E-state index in [2.05, 4.69) is 26.6 Å². The Balaban J connectivity index is 2.37. The van der Waals surface area contributed by atoms with Crippen LogP contribution in [0.2, 0.25) is 0 Å². The van der Waals surface area contributed by atoms with Crippen molar-refractivity contribution in [2.45, 2.75) is 6.42 Å². The molecule has 0 bridgehead atoms. The van der Waals surface area contributed by atoms with E-state index in [4.69, 9.17) is 5.26 Å². The van der Waals surface area contributed by atoms with Crippen LogP contribution in [-0.4, -0.2) is 19.0 Å². The molecule has 0 atom stereocenters. The Kier molecular flexibility index (Phi) is 5.43. The van der Waals surface area contributed by atoms with Crippen LogP contribution in [0, 0.1) is 17.1 Å². The van der Waals surface area contributed by atoms with Crippen molar-refractivity contribution in [3.05, 3.63) is 28.5 Å². The molecular weight excluding hydrogens is 289 g/mol. The summed E-state index contributed by atoms with van der Waals surface area (Å²) in [5.41, 5.74) is 0.529. The first kappa shape index (κ1) is 13.5. The zero-order valence-electron chi connectivity index (χ0n) is 8.96. The van der Waals surface area contributed by atoms with E-state index >= 15 is 0 Å². The summed E-state index contributed by atoms with van der Waals surface area (Å²) >= 11 is 3.04. The topological polar surface area (TPSA) is 64.9 Å². The number of carbonyl (C=O) groups excluding carboxylic acids is 1. The number of benzene rings is 1. The zero-order valence-corrected chi connectivity index (χ0v) is 10.6. The van der Waals surface area contributed by atoms with Crippen molar-refractivity contribution in [3.8, 4) is 6.07 Å². The summed E-state index contributed by atoms with van der Waals surface area (Å²) in [5, 5.41) is 13.6. The minimum Gasteiger partial charge on any atom is -0.376 e. The zero-order chi connectivity index (χ0) is 12.7. The van der Waals surface area contributed by atoms with Crippen LogP contribution in [0.25, 0.3) is 0 Å². The molecule has 0 aliphatic carbocycles. The smallest absolute Gasteiger partial charge is 0.239 e. The molecule has 1 aromatic carbocycles. The molecule has 0 saturated carbocycles. The summed E-state index contributed by atoms with van der Waals surface area (Å²) in [6.45, 7) is 0.373. The average molecular weight is 300 g/mol. The van der Waals surface area contributed by atoms with Crippen LogP contribution in [-0.2, 0) is 4.79 Å². The van der Waals surface area contributed by atoms with Crippen LogP contribution < -0.4 is 10.6 Å². The molecule has 17 heavy (non-hydrogen) atoms. The number of rotatable bonds is 5. The maximum Gasteiger partial charge on any atom is 0.239 e. The highest BCUT2D eigenvalue weighted by Crippen LogP contribution is 2.18. The van der Waals surface area contributed by atoms with E-state index in [1.54, 1.807) is 12.1 Å². The predicted molar refractivity (Wildman–Crippen MR) is 65.8 cm³/mol. The Morgan fingerprint density at radius 3 is 2.94 bits per heavy atom. The number of carbonyl (C=O) groups is 1. The first-order valence-electron chi connectivity index (χ1n) is 4.96. The molecule has 4 nitrogen and oxygen atoms in total. The minimum absolute atomic E-state index is 0.0481. The first-order valence-corrected chi connectivity index (χ1v) is 5.75. The van der Waals surface area contributed by atoms with Crippen LogP contribution >= 0.6 is 15.9 Å². The molecule has 6 heteroatoms. The average Bonchev–Trinajstić information content (AvgIpc) is 2.31. The van der Waals surface area contributed by atoms with Gasteiger partial charge in [0.05, 0.1) is 23.5 Å². The van der Waals surface area contributed by atoms with Crippen molar-refractivity contribution in [2.75, 3.05) is 18.4 Å². The quantitative estimate of drug-likeness (QED) is 0.818. The van der Waals surface area contributed by atoms with Gasteiger partial charge in [-0.1, -0.05) is 0 Å². The number of anilines is 1. The lowest BCUT2D eigenvalue weighted by atomic mass is 10.3.